The fourth-order valence-electron chi connectivity index (χ4n) is 1.49. The van der Waals surface area contributed by atoms with Crippen LogP contribution in [0.1, 0.15) is 10.4 Å². The van der Waals surface area contributed by atoms with Crippen LogP contribution in [0.4, 0.5) is 5.13 Å². The van der Waals surface area contributed by atoms with Crippen LogP contribution in [0, 0.1) is 0 Å². The average Bonchev–Trinajstić information content (AvgIpc) is 2.73. The van der Waals surface area contributed by atoms with Gasteiger partial charge >= 0.3 is 5.97 Å². The van der Waals surface area contributed by atoms with Crippen LogP contribution in [0.25, 0.3) is 10.2 Å². The topological polar surface area (TPSA) is 71.5 Å². The number of nitrogens with zero attached hydrogens (tertiary/aromatic N) is 1. The van der Waals surface area contributed by atoms with E-state index in [0.29, 0.717) is 20.4 Å². The molecule has 0 saturated carbocycles. The first-order valence-corrected chi connectivity index (χ1v) is 5.86. The van der Waals surface area contributed by atoms with Crippen molar-refractivity contribution in [3.8, 4) is 5.75 Å². The molecule has 1 heterocycles. The summed E-state index contributed by atoms with van der Waals surface area (Å²) < 4.78 is 5.76. The van der Waals surface area contributed by atoms with E-state index in [-0.39, 0.29) is 11.3 Å². The number of aromatic carboxylic acids is 1. The highest BCUT2D eigenvalue weighted by atomic mass is 35.5. The van der Waals surface area contributed by atoms with Crippen molar-refractivity contribution in [2.24, 2.45) is 0 Å². The number of carboxylic acid groups (broad SMARTS) is 1. The van der Waals surface area contributed by atoms with Crippen molar-refractivity contribution < 1.29 is 14.6 Å². The number of carboxylic acids is 1. The van der Waals surface area contributed by atoms with Gasteiger partial charge in [0.2, 0.25) is 0 Å². The first-order valence-electron chi connectivity index (χ1n) is 4.66. The van der Waals surface area contributed by atoms with Crippen molar-refractivity contribution in [3.05, 3.63) is 16.7 Å². The number of thiazole rings is 1. The van der Waals surface area contributed by atoms with E-state index < -0.39 is 5.97 Å². The molecule has 1 aromatic carbocycles. The van der Waals surface area contributed by atoms with Gasteiger partial charge in [-0.2, -0.15) is 0 Å². The number of rotatable bonds is 3. The van der Waals surface area contributed by atoms with Gasteiger partial charge in [0.15, 0.2) is 10.9 Å². The first-order chi connectivity index (χ1) is 8.08. The summed E-state index contributed by atoms with van der Waals surface area (Å²) >= 11 is 7.30. The van der Waals surface area contributed by atoms with E-state index in [4.69, 9.17) is 21.4 Å². The van der Waals surface area contributed by atoms with Crippen molar-refractivity contribution in [2.75, 3.05) is 19.5 Å². The summed E-state index contributed by atoms with van der Waals surface area (Å²) in [6.07, 6.45) is 0. The molecule has 90 valence electrons. The highest BCUT2D eigenvalue weighted by Gasteiger charge is 2.20. The lowest BCUT2D eigenvalue weighted by atomic mass is 10.2. The summed E-state index contributed by atoms with van der Waals surface area (Å²) in [6.45, 7) is 0. The molecule has 17 heavy (non-hydrogen) atoms. The van der Waals surface area contributed by atoms with Gasteiger partial charge in [-0.1, -0.05) is 22.9 Å². The fraction of sp³-hybridized carbons (Fsp3) is 0.200. The molecule has 0 unspecified atom stereocenters. The van der Waals surface area contributed by atoms with E-state index in [2.05, 4.69) is 10.3 Å². The summed E-state index contributed by atoms with van der Waals surface area (Å²) in [5.74, 6) is -0.791. The number of methoxy groups -OCH3 is 1. The van der Waals surface area contributed by atoms with Gasteiger partial charge in [0, 0.05) is 7.05 Å². The third-order valence-electron chi connectivity index (χ3n) is 2.22. The predicted octanol–water partition coefficient (Wildman–Crippen LogP) is 2.70. The third kappa shape index (κ3) is 1.89. The Morgan fingerprint density at radius 1 is 1.65 bits per heavy atom. The number of hydrogen-bond donors (Lipinski definition) is 2. The van der Waals surface area contributed by atoms with Crippen LogP contribution >= 0.6 is 22.9 Å². The molecule has 0 atom stereocenters. The van der Waals surface area contributed by atoms with Crippen LogP contribution in [0.15, 0.2) is 6.07 Å². The summed E-state index contributed by atoms with van der Waals surface area (Å²) in [5, 5.41) is 12.9. The Bertz CT molecular complexity index is 597. The Kier molecular flexibility index (Phi) is 3.08. The summed E-state index contributed by atoms with van der Waals surface area (Å²) in [4.78, 5) is 15.3. The lowest BCUT2D eigenvalue weighted by Crippen LogP contribution is -2.00. The molecule has 0 bridgehead atoms. The van der Waals surface area contributed by atoms with E-state index in [1.807, 2.05) is 0 Å². The molecule has 0 saturated heterocycles. The molecule has 2 rings (SSSR count). The van der Waals surface area contributed by atoms with Crippen LogP contribution in [0.5, 0.6) is 5.75 Å². The zero-order valence-corrected chi connectivity index (χ0v) is 10.6. The summed E-state index contributed by atoms with van der Waals surface area (Å²) in [6, 6.07) is 1.35. The third-order valence-corrected chi connectivity index (χ3v) is 3.58. The number of hydrogen-bond acceptors (Lipinski definition) is 5. The molecule has 0 fully saturated rings. The molecule has 0 aliphatic heterocycles. The Morgan fingerprint density at radius 3 is 2.88 bits per heavy atom. The molecular weight excluding hydrogens is 264 g/mol. The van der Waals surface area contributed by atoms with Gasteiger partial charge < -0.3 is 15.2 Å². The molecule has 5 nitrogen and oxygen atoms in total. The lowest BCUT2D eigenvalue weighted by molar-refractivity contribution is 0.0693. The number of benzene rings is 1. The normalized spacial score (nSPS) is 10.5. The maximum Gasteiger partial charge on any atom is 0.339 e. The number of halogens is 1. The van der Waals surface area contributed by atoms with Crippen molar-refractivity contribution >= 4 is 44.3 Å². The molecule has 2 N–H and O–H groups in total. The number of anilines is 1. The van der Waals surface area contributed by atoms with Gasteiger partial charge in [0.25, 0.3) is 0 Å². The minimum absolute atomic E-state index is 0.0382. The number of nitrogens with one attached hydrogen (secondary N) is 1. The second-order valence-corrected chi connectivity index (χ2v) is 4.60. The molecule has 0 aliphatic rings. The van der Waals surface area contributed by atoms with Crippen LogP contribution in [0.3, 0.4) is 0 Å². The van der Waals surface area contributed by atoms with Crippen LogP contribution in [-0.2, 0) is 0 Å². The Morgan fingerprint density at radius 2 is 2.35 bits per heavy atom. The molecule has 1 aromatic heterocycles. The molecule has 0 spiro atoms. The largest absolute Gasteiger partial charge is 0.494 e. The van der Waals surface area contributed by atoms with Gasteiger partial charge in [-0.3, -0.25) is 0 Å². The Balaban J connectivity index is 2.83. The van der Waals surface area contributed by atoms with E-state index in [1.54, 1.807) is 7.05 Å². The zero-order valence-electron chi connectivity index (χ0n) is 9.07. The fourth-order valence-corrected chi connectivity index (χ4v) is 2.76. The van der Waals surface area contributed by atoms with Crippen molar-refractivity contribution in [1.29, 1.82) is 0 Å². The number of aromatic nitrogens is 1. The predicted molar refractivity (Wildman–Crippen MR) is 67.7 cm³/mol. The molecule has 0 radical (unpaired) electrons. The Hall–Kier alpha value is -1.53. The van der Waals surface area contributed by atoms with E-state index in [0.717, 1.165) is 0 Å². The van der Waals surface area contributed by atoms with Crippen LogP contribution < -0.4 is 10.1 Å². The van der Waals surface area contributed by atoms with Gasteiger partial charge in [-0.05, 0) is 6.07 Å². The van der Waals surface area contributed by atoms with Gasteiger partial charge in [-0.15, -0.1) is 0 Å². The molecule has 0 aliphatic carbocycles. The number of fused-ring (bicyclic) bond motifs is 1. The molecule has 2 aromatic rings. The van der Waals surface area contributed by atoms with Crippen molar-refractivity contribution in [3.63, 3.8) is 0 Å². The second-order valence-electron chi connectivity index (χ2n) is 3.19. The second kappa shape index (κ2) is 4.38. The van der Waals surface area contributed by atoms with Gasteiger partial charge in [-0.25, -0.2) is 9.78 Å². The monoisotopic (exact) mass is 272 g/mol. The smallest absolute Gasteiger partial charge is 0.339 e. The van der Waals surface area contributed by atoms with E-state index in [9.17, 15) is 4.79 Å². The minimum atomic E-state index is -1.08. The quantitative estimate of drug-likeness (QED) is 0.899. The van der Waals surface area contributed by atoms with Crippen LogP contribution in [-0.4, -0.2) is 30.2 Å². The highest BCUT2D eigenvalue weighted by molar-refractivity contribution is 7.22. The zero-order chi connectivity index (χ0) is 12.6. The standard InChI is InChI=1S/C10H9ClN2O3S/c1-12-10-13-6-5(11)3-4(9(14)15)7(16-2)8(6)17-10/h3H,1-2H3,(H,12,13)(H,14,15). The summed E-state index contributed by atoms with van der Waals surface area (Å²) in [5.41, 5.74) is 0.583. The maximum absolute atomic E-state index is 11.1. The lowest BCUT2D eigenvalue weighted by Gasteiger charge is -2.06. The van der Waals surface area contributed by atoms with E-state index >= 15 is 0 Å². The SMILES string of the molecule is CNc1nc2c(Cl)cc(C(=O)O)c(OC)c2s1. The number of ether oxygens (including phenoxy) is 1. The molecular formula is C10H9ClN2O3S. The first kappa shape index (κ1) is 11.9. The minimum Gasteiger partial charge on any atom is -0.494 e. The molecule has 0 amide bonds. The Labute approximate surface area is 106 Å². The highest BCUT2D eigenvalue weighted by Crippen LogP contribution is 2.40. The maximum atomic E-state index is 11.1. The van der Waals surface area contributed by atoms with Crippen molar-refractivity contribution in [2.45, 2.75) is 0 Å². The van der Waals surface area contributed by atoms with E-state index in [1.165, 1.54) is 24.5 Å². The molecule has 7 heteroatoms. The van der Waals surface area contributed by atoms with Crippen molar-refractivity contribution in [1.82, 2.24) is 4.98 Å². The summed E-state index contributed by atoms with van der Waals surface area (Å²) in [7, 11) is 3.16. The average molecular weight is 273 g/mol. The number of carbonyl (C=O) groups is 1. The van der Waals surface area contributed by atoms with Crippen LogP contribution in [0.2, 0.25) is 5.02 Å². The van der Waals surface area contributed by atoms with Gasteiger partial charge in [0.1, 0.15) is 15.8 Å². The van der Waals surface area contributed by atoms with Gasteiger partial charge in [0.05, 0.1) is 12.1 Å².